The number of hydrogen-bond acceptors (Lipinski definition) is 7. The Morgan fingerprint density at radius 1 is 1.40 bits per heavy atom. The average molecular weight is 345 g/mol. The quantitative estimate of drug-likeness (QED) is 0.678. The number of nitrogens with one attached hydrogen (secondary N) is 1. The van der Waals surface area contributed by atoms with Crippen LogP contribution in [-0.4, -0.2) is 45.7 Å². The molecule has 0 spiro atoms. The molecule has 0 saturated carbocycles. The fraction of sp³-hybridized carbons (Fsp3) is 0.267. The van der Waals surface area contributed by atoms with E-state index < -0.39 is 11.9 Å². The number of ether oxygens (including phenoxy) is 2. The number of benzene rings is 1. The van der Waals surface area contributed by atoms with Gasteiger partial charge in [0.15, 0.2) is 18.1 Å². The van der Waals surface area contributed by atoms with Crippen molar-refractivity contribution in [2.45, 2.75) is 13.1 Å². The highest BCUT2D eigenvalue weighted by Crippen LogP contribution is 2.27. The van der Waals surface area contributed by atoms with Crippen LogP contribution in [0.1, 0.15) is 11.3 Å². The Morgan fingerprint density at radius 3 is 2.88 bits per heavy atom. The van der Waals surface area contributed by atoms with Crippen LogP contribution in [0.4, 0.5) is 0 Å². The Labute approximate surface area is 142 Å². The summed E-state index contributed by atoms with van der Waals surface area (Å²) in [6.07, 6.45) is 1.43. The van der Waals surface area contributed by atoms with Crippen LogP contribution in [0.3, 0.4) is 0 Å². The maximum absolute atomic E-state index is 11.8. The Hall–Kier alpha value is -3.61. The third-order valence-corrected chi connectivity index (χ3v) is 3.00. The number of amides is 1. The fourth-order valence-corrected chi connectivity index (χ4v) is 1.88. The number of nitrogens with zero attached hydrogens (tertiary/aromatic N) is 4. The van der Waals surface area contributed by atoms with Crippen molar-refractivity contribution in [3.8, 4) is 17.6 Å². The van der Waals surface area contributed by atoms with E-state index in [1.165, 1.54) is 19.4 Å². The normalized spacial score (nSPS) is 9.92. The molecule has 1 aromatic carbocycles. The molecule has 10 nitrogen and oxygen atoms in total. The second-order valence-electron chi connectivity index (χ2n) is 4.84. The lowest BCUT2D eigenvalue weighted by Gasteiger charge is -2.10. The van der Waals surface area contributed by atoms with Gasteiger partial charge in [-0.3, -0.25) is 9.59 Å². The molecule has 10 heteroatoms. The van der Waals surface area contributed by atoms with E-state index in [4.69, 9.17) is 19.8 Å². The van der Waals surface area contributed by atoms with Crippen molar-refractivity contribution in [3.05, 3.63) is 35.7 Å². The predicted molar refractivity (Wildman–Crippen MR) is 82.7 cm³/mol. The van der Waals surface area contributed by atoms with Gasteiger partial charge in [-0.1, -0.05) is 5.21 Å². The smallest absolute Gasteiger partial charge is 0.325 e. The minimum Gasteiger partial charge on any atom is -0.493 e. The van der Waals surface area contributed by atoms with Crippen molar-refractivity contribution in [1.82, 2.24) is 20.3 Å². The summed E-state index contributed by atoms with van der Waals surface area (Å²) in [6, 6.07) is 6.58. The molecule has 2 rings (SSSR count). The summed E-state index contributed by atoms with van der Waals surface area (Å²) in [5.74, 6) is -0.753. The highest BCUT2D eigenvalue weighted by Gasteiger charge is 2.10. The second kappa shape index (κ2) is 8.30. The van der Waals surface area contributed by atoms with E-state index >= 15 is 0 Å². The third-order valence-electron chi connectivity index (χ3n) is 3.00. The van der Waals surface area contributed by atoms with Crippen LogP contribution < -0.4 is 14.8 Å². The molecule has 0 aliphatic carbocycles. The lowest BCUT2D eigenvalue weighted by molar-refractivity contribution is -0.138. The molecule has 0 fully saturated rings. The van der Waals surface area contributed by atoms with Crippen molar-refractivity contribution in [2.75, 3.05) is 13.7 Å². The zero-order chi connectivity index (χ0) is 18.2. The van der Waals surface area contributed by atoms with Gasteiger partial charge in [0.25, 0.3) is 5.91 Å². The van der Waals surface area contributed by atoms with E-state index in [1.807, 2.05) is 6.07 Å². The Morgan fingerprint density at radius 2 is 2.20 bits per heavy atom. The summed E-state index contributed by atoms with van der Waals surface area (Å²) in [7, 11) is 1.43. The Balaban J connectivity index is 1.84. The van der Waals surface area contributed by atoms with Crippen LogP contribution >= 0.6 is 0 Å². The molecular formula is C15H15N5O5. The molecule has 0 bridgehead atoms. The molecule has 0 aliphatic heterocycles. The summed E-state index contributed by atoms with van der Waals surface area (Å²) in [4.78, 5) is 22.4. The van der Waals surface area contributed by atoms with Crippen LogP contribution in [-0.2, 0) is 22.7 Å². The molecule has 1 aromatic heterocycles. The molecule has 0 radical (unpaired) electrons. The third kappa shape index (κ3) is 5.21. The van der Waals surface area contributed by atoms with E-state index in [2.05, 4.69) is 15.6 Å². The molecule has 0 atom stereocenters. The van der Waals surface area contributed by atoms with Gasteiger partial charge in [0.1, 0.15) is 12.2 Å². The van der Waals surface area contributed by atoms with Gasteiger partial charge in [0.2, 0.25) is 0 Å². The molecule has 2 aromatic rings. The highest BCUT2D eigenvalue weighted by molar-refractivity contribution is 5.77. The number of rotatable bonds is 8. The first-order valence-corrected chi connectivity index (χ1v) is 7.10. The zero-order valence-corrected chi connectivity index (χ0v) is 13.3. The van der Waals surface area contributed by atoms with Crippen LogP contribution in [0, 0.1) is 11.3 Å². The maximum atomic E-state index is 11.8. The molecular weight excluding hydrogens is 330 g/mol. The van der Waals surface area contributed by atoms with E-state index in [1.54, 1.807) is 12.1 Å². The van der Waals surface area contributed by atoms with Gasteiger partial charge in [0, 0.05) is 6.07 Å². The summed E-state index contributed by atoms with van der Waals surface area (Å²) < 4.78 is 11.6. The van der Waals surface area contributed by atoms with Crippen molar-refractivity contribution in [1.29, 1.82) is 5.26 Å². The SMILES string of the molecule is COc1cc(C#N)ccc1OCC(=O)NCc1cn(CC(=O)O)nn1. The zero-order valence-electron chi connectivity index (χ0n) is 13.3. The summed E-state index contributed by atoms with van der Waals surface area (Å²) in [5, 5.41) is 27.4. The van der Waals surface area contributed by atoms with Gasteiger partial charge in [0.05, 0.1) is 31.5 Å². The van der Waals surface area contributed by atoms with Crippen LogP contribution in [0.25, 0.3) is 0 Å². The molecule has 130 valence electrons. The first-order valence-electron chi connectivity index (χ1n) is 7.10. The summed E-state index contributed by atoms with van der Waals surface area (Å²) >= 11 is 0. The van der Waals surface area contributed by atoms with Gasteiger partial charge in [-0.15, -0.1) is 5.10 Å². The van der Waals surface area contributed by atoms with Crippen molar-refractivity contribution in [3.63, 3.8) is 0 Å². The van der Waals surface area contributed by atoms with E-state index in [0.717, 1.165) is 4.68 Å². The average Bonchev–Trinajstić information content (AvgIpc) is 3.04. The fourth-order valence-electron chi connectivity index (χ4n) is 1.88. The molecule has 0 saturated heterocycles. The number of carboxylic acids is 1. The van der Waals surface area contributed by atoms with Crippen LogP contribution in [0.2, 0.25) is 0 Å². The Bertz CT molecular complexity index is 811. The van der Waals surface area contributed by atoms with Crippen molar-refractivity contribution in [2.24, 2.45) is 0 Å². The molecule has 25 heavy (non-hydrogen) atoms. The number of hydrogen-bond donors (Lipinski definition) is 2. The van der Waals surface area contributed by atoms with E-state index in [9.17, 15) is 9.59 Å². The van der Waals surface area contributed by atoms with Crippen LogP contribution in [0.15, 0.2) is 24.4 Å². The predicted octanol–water partition coefficient (Wildman–Crippen LogP) is -0.0618. The molecule has 1 heterocycles. The minimum atomic E-state index is -1.04. The highest BCUT2D eigenvalue weighted by atomic mass is 16.5. The summed E-state index contributed by atoms with van der Waals surface area (Å²) in [6.45, 7) is -0.472. The number of carbonyl (C=O) groups excluding carboxylic acids is 1. The molecule has 0 aliphatic rings. The summed E-state index contributed by atoms with van der Waals surface area (Å²) in [5.41, 5.74) is 0.837. The van der Waals surface area contributed by atoms with Crippen molar-refractivity contribution < 1.29 is 24.2 Å². The number of methoxy groups -OCH3 is 1. The van der Waals surface area contributed by atoms with Crippen LogP contribution in [0.5, 0.6) is 11.5 Å². The number of aliphatic carboxylic acids is 1. The van der Waals surface area contributed by atoms with Crippen molar-refractivity contribution >= 4 is 11.9 Å². The largest absolute Gasteiger partial charge is 0.493 e. The lowest BCUT2D eigenvalue weighted by atomic mass is 10.2. The standard InChI is InChI=1S/C15H15N5O5/c1-24-13-4-10(5-16)2-3-12(13)25-9-14(21)17-6-11-7-20(19-18-11)8-15(22)23/h2-4,7H,6,8-9H2,1H3,(H,17,21)(H,22,23). The Kier molecular flexibility index (Phi) is 5.89. The van der Waals surface area contributed by atoms with E-state index in [0.29, 0.717) is 22.8 Å². The number of carbonyl (C=O) groups is 2. The van der Waals surface area contributed by atoms with Gasteiger partial charge < -0.3 is 19.9 Å². The lowest BCUT2D eigenvalue weighted by Crippen LogP contribution is -2.28. The van der Waals surface area contributed by atoms with Gasteiger partial charge in [-0.25, -0.2) is 4.68 Å². The molecule has 0 unspecified atom stereocenters. The monoisotopic (exact) mass is 345 g/mol. The second-order valence-corrected chi connectivity index (χ2v) is 4.84. The number of carboxylic acid groups (broad SMARTS) is 1. The minimum absolute atomic E-state index is 0.0896. The van der Waals surface area contributed by atoms with Gasteiger partial charge in [-0.05, 0) is 12.1 Å². The maximum Gasteiger partial charge on any atom is 0.325 e. The molecule has 1 amide bonds. The van der Waals surface area contributed by atoms with Gasteiger partial charge in [-0.2, -0.15) is 5.26 Å². The number of aromatic nitrogens is 3. The topological polar surface area (TPSA) is 139 Å². The molecule has 2 N–H and O–H groups in total. The van der Waals surface area contributed by atoms with Gasteiger partial charge >= 0.3 is 5.97 Å². The first kappa shape index (κ1) is 17.7. The first-order chi connectivity index (χ1) is 12.0. The number of nitriles is 1. The van der Waals surface area contributed by atoms with E-state index in [-0.39, 0.29) is 19.7 Å².